The molecule has 1 aromatic rings. The third kappa shape index (κ3) is 2.49. The van der Waals surface area contributed by atoms with Crippen LogP contribution in [0.2, 0.25) is 0 Å². The van der Waals surface area contributed by atoms with Gasteiger partial charge in [0.2, 0.25) is 0 Å². The SMILES string of the molecule is Cc1ccc(C#N)c(N(C)C(C)CC#N)n1. The molecule has 1 unspecified atom stereocenters. The Morgan fingerprint density at radius 1 is 1.44 bits per heavy atom. The van der Waals surface area contributed by atoms with Gasteiger partial charge in [-0.1, -0.05) is 0 Å². The van der Waals surface area contributed by atoms with Gasteiger partial charge in [-0.15, -0.1) is 0 Å². The van der Waals surface area contributed by atoms with Crippen molar-refractivity contribution in [2.75, 3.05) is 11.9 Å². The lowest BCUT2D eigenvalue weighted by molar-refractivity contribution is 0.692. The summed E-state index contributed by atoms with van der Waals surface area (Å²) in [6.07, 6.45) is 0.414. The molecular weight excluding hydrogens is 200 g/mol. The highest BCUT2D eigenvalue weighted by Crippen LogP contribution is 2.19. The average Bonchev–Trinajstić information content (AvgIpc) is 2.28. The minimum absolute atomic E-state index is 0.0476. The molecule has 0 aliphatic carbocycles. The minimum atomic E-state index is 0.0476. The molecule has 0 radical (unpaired) electrons. The number of hydrogen-bond acceptors (Lipinski definition) is 4. The molecule has 0 aliphatic heterocycles. The Hall–Kier alpha value is -2.07. The predicted octanol–water partition coefficient (Wildman–Crippen LogP) is 2.00. The molecule has 16 heavy (non-hydrogen) atoms. The standard InChI is InChI=1S/C12H14N4/c1-9-4-5-11(8-14)12(15-9)16(3)10(2)6-7-13/h4-5,10H,6H2,1-3H3. The van der Waals surface area contributed by atoms with E-state index in [1.165, 1.54) is 0 Å². The van der Waals surface area contributed by atoms with Crippen molar-refractivity contribution in [2.45, 2.75) is 26.3 Å². The summed E-state index contributed by atoms with van der Waals surface area (Å²) in [6.45, 7) is 3.82. The van der Waals surface area contributed by atoms with Crippen LogP contribution >= 0.6 is 0 Å². The smallest absolute Gasteiger partial charge is 0.146 e. The van der Waals surface area contributed by atoms with Gasteiger partial charge in [0, 0.05) is 18.8 Å². The fraction of sp³-hybridized carbons (Fsp3) is 0.417. The van der Waals surface area contributed by atoms with Crippen molar-refractivity contribution in [3.05, 3.63) is 23.4 Å². The van der Waals surface area contributed by atoms with Crippen LogP contribution in [-0.4, -0.2) is 18.1 Å². The molecular formula is C12H14N4. The van der Waals surface area contributed by atoms with Gasteiger partial charge in [0.1, 0.15) is 11.9 Å². The van der Waals surface area contributed by atoms with Crippen LogP contribution in [0.5, 0.6) is 0 Å². The average molecular weight is 214 g/mol. The molecule has 0 fully saturated rings. The summed E-state index contributed by atoms with van der Waals surface area (Å²) in [5, 5.41) is 17.6. The first-order chi connectivity index (χ1) is 7.60. The number of anilines is 1. The first-order valence-electron chi connectivity index (χ1n) is 5.07. The fourth-order valence-corrected chi connectivity index (χ4v) is 1.38. The second-order valence-corrected chi connectivity index (χ2v) is 3.76. The highest BCUT2D eigenvalue weighted by molar-refractivity contribution is 5.54. The van der Waals surface area contributed by atoms with Gasteiger partial charge in [0.15, 0.2) is 0 Å². The fourth-order valence-electron chi connectivity index (χ4n) is 1.38. The Labute approximate surface area is 95.8 Å². The van der Waals surface area contributed by atoms with Gasteiger partial charge in [-0.25, -0.2) is 4.98 Å². The Morgan fingerprint density at radius 3 is 2.69 bits per heavy atom. The molecule has 0 saturated carbocycles. The molecule has 0 N–H and O–H groups in total. The number of aryl methyl sites for hydroxylation is 1. The van der Waals surface area contributed by atoms with Crippen molar-refractivity contribution in [2.24, 2.45) is 0 Å². The van der Waals surface area contributed by atoms with Gasteiger partial charge in [-0.3, -0.25) is 0 Å². The molecule has 82 valence electrons. The van der Waals surface area contributed by atoms with E-state index in [1.54, 1.807) is 6.07 Å². The van der Waals surface area contributed by atoms with Gasteiger partial charge in [-0.05, 0) is 26.0 Å². The number of nitriles is 2. The van der Waals surface area contributed by atoms with Crippen molar-refractivity contribution in [3.63, 3.8) is 0 Å². The molecule has 0 aliphatic rings. The Kier molecular flexibility index (Phi) is 3.85. The van der Waals surface area contributed by atoms with E-state index in [1.807, 2.05) is 31.9 Å². The van der Waals surface area contributed by atoms with E-state index in [4.69, 9.17) is 10.5 Å². The minimum Gasteiger partial charge on any atom is -0.355 e. The molecule has 4 nitrogen and oxygen atoms in total. The first kappa shape index (κ1) is 12.0. The van der Waals surface area contributed by atoms with Crippen LogP contribution in [0.25, 0.3) is 0 Å². The highest BCUT2D eigenvalue weighted by atomic mass is 15.2. The van der Waals surface area contributed by atoms with Gasteiger partial charge < -0.3 is 4.90 Å². The van der Waals surface area contributed by atoms with Crippen molar-refractivity contribution < 1.29 is 0 Å². The Bertz CT molecular complexity index is 453. The maximum Gasteiger partial charge on any atom is 0.146 e. The van der Waals surface area contributed by atoms with E-state index in [0.29, 0.717) is 17.8 Å². The van der Waals surface area contributed by atoms with E-state index in [0.717, 1.165) is 5.69 Å². The summed E-state index contributed by atoms with van der Waals surface area (Å²) in [6, 6.07) is 7.85. The van der Waals surface area contributed by atoms with Crippen LogP contribution in [0.3, 0.4) is 0 Å². The van der Waals surface area contributed by atoms with Crippen LogP contribution in [0.15, 0.2) is 12.1 Å². The van der Waals surface area contributed by atoms with Crippen molar-refractivity contribution >= 4 is 5.82 Å². The summed E-state index contributed by atoms with van der Waals surface area (Å²) in [5.74, 6) is 0.644. The number of hydrogen-bond donors (Lipinski definition) is 0. The monoisotopic (exact) mass is 214 g/mol. The normalized spacial score (nSPS) is 11.3. The van der Waals surface area contributed by atoms with Crippen LogP contribution in [0.1, 0.15) is 24.6 Å². The molecule has 0 amide bonds. The maximum absolute atomic E-state index is 8.99. The van der Waals surface area contributed by atoms with Crippen molar-refractivity contribution in [1.82, 2.24) is 4.98 Å². The molecule has 1 heterocycles. The zero-order valence-corrected chi connectivity index (χ0v) is 9.73. The second-order valence-electron chi connectivity index (χ2n) is 3.76. The largest absolute Gasteiger partial charge is 0.355 e. The number of nitrogens with zero attached hydrogens (tertiary/aromatic N) is 4. The molecule has 4 heteroatoms. The van der Waals surface area contributed by atoms with Crippen LogP contribution in [0.4, 0.5) is 5.82 Å². The zero-order chi connectivity index (χ0) is 12.1. The number of aromatic nitrogens is 1. The summed E-state index contributed by atoms with van der Waals surface area (Å²) in [4.78, 5) is 6.21. The van der Waals surface area contributed by atoms with E-state index < -0.39 is 0 Å². The van der Waals surface area contributed by atoms with Gasteiger partial charge in [0.05, 0.1) is 18.1 Å². The van der Waals surface area contributed by atoms with Gasteiger partial charge >= 0.3 is 0 Å². The van der Waals surface area contributed by atoms with Gasteiger partial charge in [-0.2, -0.15) is 10.5 Å². The van der Waals surface area contributed by atoms with E-state index >= 15 is 0 Å². The lowest BCUT2D eigenvalue weighted by atomic mass is 10.2. The summed E-state index contributed by atoms with van der Waals surface area (Å²) in [5.41, 5.74) is 1.41. The molecule has 0 bridgehead atoms. The summed E-state index contributed by atoms with van der Waals surface area (Å²) >= 11 is 0. The number of rotatable bonds is 3. The van der Waals surface area contributed by atoms with Crippen LogP contribution < -0.4 is 4.90 Å². The molecule has 1 rings (SSSR count). The van der Waals surface area contributed by atoms with Crippen LogP contribution in [0, 0.1) is 29.6 Å². The van der Waals surface area contributed by atoms with E-state index in [-0.39, 0.29) is 6.04 Å². The molecule has 0 spiro atoms. The summed E-state index contributed by atoms with van der Waals surface area (Å²) in [7, 11) is 1.85. The third-order valence-electron chi connectivity index (χ3n) is 2.52. The van der Waals surface area contributed by atoms with Crippen molar-refractivity contribution in [3.8, 4) is 12.1 Å². The lowest BCUT2D eigenvalue weighted by Gasteiger charge is -2.25. The van der Waals surface area contributed by atoms with Crippen molar-refractivity contribution in [1.29, 1.82) is 10.5 Å². The van der Waals surface area contributed by atoms with E-state index in [9.17, 15) is 0 Å². The quantitative estimate of drug-likeness (QED) is 0.772. The maximum atomic E-state index is 8.99. The lowest BCUT2D eigenvalue weighted by Crippen LogP contribution is -2.30. The van der Waals surface area contributed by atoms with E-state index in [2.05, 4.69) is 17.1 Å². The van der Waals surface area contributed by atoms with Crippen LogP contribution in [-0.2, 0) is 0 Å². The molecule has 1 aromatic heterocycles. The predicted molar refractivity (Wildman–Crippen MR) is 61.8 cm³/mol. The Balaban J connectivity index is 3.08. The molecule has 0 saturated heterocycles. The van der Waals surface area contributed by atoms with Gasteiger partial charge in [0.25, 0.3) is 0 Å². The topological polar surface area (TPSA) is 63.7 Å². The Morgan fingerprint density at radius 2 is 2.12 bits per heavy atom. The summed E-state index contributed by atoms with van der Waals surface area (Å²) < 4.78 is 0. The third-order valence-corrected chi connectivity index (χ3v) is 2.52. The first-order valence-corrected chi connectivity index (χ1v) is 5.07. The zero-order valence-electron chi connectivity index (χ0n) is 9.73. The molecule has 0 aromatic carbocycles. The number of pyridine rings is 1. The highest BCUT2D eigenvalue weighted by Gasteiger charge is 2.14. The second kappa shape index (κ2) is 5.14. The molecule has 1 atom stereocenters.